The van der Waals surface area contributed by atoms with Crippen LogP contribution in [0.15, 0.2) is 24.5 Å². The molecule has 0 amide bonds. The van der Waals surface area contributed by atoms with Gasteiger partial charge in [-0.1, -0.05) is 13.3 Å². The highest BCUT2D eigenvalue weighted by atomic mass is 32.2. The van der Waals surface area contributed by atoms with Crippen molar-refractivity contribution < 1.29 is 57.1 Å². The Kier molecular flexibility index (Phi) is 12.1. The predicted molar refractivity (Wildman–Crippen MR) is 81.7 cm³/mol. The number of alkyl halides is 9. The Bertz CT molecular complexity index is 659. The lowest BCUT2D eigenvalue weighted by molar-refractivity contribution is -0.697. The molecule has 1 heterocycles. The number of aryl methyl sites for hydroxylation is 2. The molecular weight excluding hydrogens is 453 g/mol. The van der Waals surface area contributed by atoms with Crippen LogP contribution in [0.3, 0.4) is 0 Å². The summed E-state index contributed by atoms with van der Waals surface area (Å²) < 4.78 is 126. The van der Waals surface area contributed by atoms with E-state index in [1.165, 1.54) is 18.4 Å². The fourth-order valence-corrected chi connectivity index (χ4v) is 1.53. The van der Waals surface area contributed by atoms with Crippen molar-refractivity contribution in [2.45, 2.75) is 49.8 Å². The Hall–Kier alpha value is -1.22. The SMILES string of the molecule is CCCC[n+]1cccc(C)c1.FC(F)(F)SC(F)(F)F.O=S(=O)([O-])C(F)(F)F. The van der Waals surface area contributed by atoms with Crippen LogP contribution in [0.1, 0.15) is 25.3 Å². The highest BCUT2D eigenvalue weighted by molar-refractivity contribution is 8.00. The van der Waals surface area contributed by atoms with Gasteiger partial charge in [0, 0.05) is 18.1 Å². The third kappa shape index (κ3) is 18.2. The van der Waals surface area contributed by atoms with Crippen LogP contribution >= 0.6 is 11.8 Å². The molecule has 0 N–H and O–H groups in total. The van der Waals surface area contributed by atoms with Gasteiger partial charge in [-0.3, -0.25) is 0 Å². The molecule has 0 aliphatic heterocycles. The lowest BCUT2D eigenvalue weighted by atomic mass is 10.3. The van der Waals surface area contributed by atoms with Gasteiger partial charge in [0.1, 0.15) is 6.54 Å². The van der Waals surface area contributed by atoms with Crippen LogP contribution in [0.4, 0.5) is 39.5 Å². The first kappa shape index (κ1) is 29.0. The first-order chi connectivity index (χ1) is 12.3. The Morgan fingerprint density at radius 3 is 1.71 bits per heavy atom. The number of rotatable bonds is 3. The fourth-order valence-electron chi connectivity index (χ4n) is 1.26. The van der Waals surface area contributed by atoms with Crippen molar-refractivity contribution in [3.63, 3.8) is 0 Å². The summed E-state index contributed by atoms with van der Waals surface area (Å²) in [4.78, 5) is 0. The minimum atomic E-state index is -6.09. The molecule has 0 aliphatic rings. The summed E-state index contributed by atoms with van der Waals surface area (Å²) in [5, 5.41) is 0. The topological polar surface area (TPSA) is 61.1 Å². The molecule has 4 nitrogen and oxygen atoms in total. The number of hydrogen-bond acceptors (Lipinski definition) is 4. The normalized spacial score (nSPS) is 12.4. The molecule has 0 fully saturated rings. The smallest absolute Gasteiger partial charge is 0.485 e. The molecule has 0 saturated carbocycles. The largest absolute Gasteiger partial charge is 0.741 e. The average Bonchev–Trinajstić information content (AvgIpc) is 2.40. The molecule has 15 heteroatoms. The van der Waals surface area contributed by atoms with E-state index < -0.39 is 38.4 Å². The van der Waals surface area contributed by atoms with Crippen LogP contribution in [0.25, 0.3) is 0 Å². The standard InChI is InChI=1S/C10H16N.C2F6S.CHF3O3S/c1-3-4-7-11-8-5-6-10(2)9-11;3-1(4,5)9-2(6,7)8;2-1(3,4)8(5,6)7/h5-6,8-9H,3-4,7H2,1-2H3;;(H,5,6,7)/q+1;;/p-1. The summed E-state index contributed by atoms with van der Waals surface area (Å²) in [6.07, 6.45) is 6.85. The van der Waals surface area contributed by atoms with Gasteiger partial charge in [0.15, 0.2) is 22.5 Å². The van der Waals surface area contributed by atoms with E-state index in [-0.39, 0.29) is 0 Å². The molecule has 0 atom stereocenters. The summed E-state index contributed by atoms with van der Waals surface area (Å²) in [7, 11) is -6.09. The summed E-state index contributed by atoms with van der Waals surface area (Å²) in [5.74, 6) is 0. The van der Waals surface area contributed by atoms with E-state index in [0.717, 1.165) is 6.54 Å². The van der Waals surface area contributed by atoms with E-state index in [1.54, 1.807) is 0 Å². The lowest BCUT2D eigenvalue weighted by Gasteiger charge is -2.08. The zero-order valence-corrected chi connectivity index (χ0v) is 16.0. The minimum absolute atomic E-state index is 1.15. The second-order valence-corrected chi connectivity index (χ2v) is 7.37. The molecule has 0 aromatic carbocycles. The monoisotopic (exact) mass is 469 g/mol. The van der Waals surface area contributed by atoms with Gasteiger partial charge < -0.3 is 4.55 Å². The Morgan fingerprint density at radius 2 is 1.46 bits per heavy atom. The minimum Gasteiger partial charge on any atom is -0.741 e. The van der Waals surface area contributed by atoms with Crippen LogP contribution in [0.2, 0.25) is 0 Å². The Labute approximate surface area is 159 Å². The van der Waals surface area contributed by atoms with E-state index in [2.05, 4.69) is 42.9 Å². The van der Waals surface area contributed by atoms with Gasteiger partial charge in [-0.25, -0.2) is 13.0 Å². The van der Waals surface area contributed by atoms with Crippen molar-refractivity contribution in [3.8, 4) is 0 Å². The molecule has 166 valence electrons. The van der Waals surface area contributed by atoms with Gasteiger partial charge in [0.25, 0.3) is 0 Å². The zero-order chi connectivity index (χ0) is 22.8. The Balaban J connectivity index is 0. The third-order valence-electron chi connectivity index (χ3n) is 2.29. The lowest BCUT2D eigenvalue weighted by Crippen LogP contribution is -2.32. The van der Waals surface area contributed by atoms with Crippen LogP contribution in [-0.4, -0.2) is 29.5 Å². The number of nitrogens with zero attached hydrogens (tertiary/aromatic N) is 1. The van der Waals surface area contributed by atoms with Crippen molar-refractivity contribution in [2.75, 3.05) is 0 Å². The molecule has 0 unspecified atom stereocenters. The van der Waals surface area contributed by atoms with Crippen molar-refractivity contribution in [1.82, 2.24) is 0 Å². The molecule has 1 aromatic heterocycles. The maximum absolute atomic E-state index is 10.8. The van der Waals surface area contributed by atoms with Gasteiger partial charge in [0.05, 0.1) is 11.8 Å². The van der Waals surface area contributed by atoms with Gasteiger partial charge in [-0.15, -0.1) is 0 Å². The van der Waals surface area contributed by atoms with Crippen molar-refractivity contribution >= 4 is 21.9 Å². The van der Waals surface area contributed by atoms with Crippen LogP contribution < -0.4 is 4.57 Å². The number of aromatic nitrogens is 1. The molecule has 28 heavy (non-hydrogen) atoms. The summed E-state index contributed by atoms with van der Waals surface area (Å²) in [5.41, 5.74) is -14.8. The highest BCUT2D eigenvalue weighted by Gasteiger charge is 2.45. The van der Waals surface area contributed by atoms with E-state index in [9.17, 15) is 39.5 Å². The maximum Gasteiger partial charge on any atom is 0.485 e. The number of halogens is 9. The van der Waals surface area contributed by atoms with Crippen LogP contribution in [0.5, 0.6) is 0 Å². The molecule has 0 radical (unpaired) electrons. The molecule has 0 saturated heterocycles. The molecule has 0 bridgehead atoms. The van der Waals surface area contributed by atoms with E-state index in [4.69, 9.17) is 13.0 Å². The predicted octanol–water partition coefficient (Wildman–Crippen LogP) is 4.89. The molecular formula is C13H16F9NO3S2. The molecule has 0 spiro atoms. The number of hydrogen-bond donors (Lipinski definition) is 0. The first-order valence-electron chi connectivity index (χ1n) is 7.10. The van der Waals surface area contributed by atoms with Gasteiger partial charge in [0.2, 0.25) is 0 Å². The molecule has 1 aromatic rings. The maximum atomic E-state index is 10.8. The summed E-state index contributed by atoms with van der Waals surface area (Å²) >= 11 is -1.99. The third-order valence-corrected chi connectivity index (χ3v) is 3.32. The Morgan fingerprint density at radius 1 is 1.04 bits per heavy atom. The number of thioether (sulfide) groups is 1. The van der Waals surface area contributed by atoms with Crippen molar-refractivity contribution in [2.24, 2.45) is 0 Å². The van der Waals surface area contributed by atoms with Crippen molar-refractivity contribution in [1.29, 1.82) is 0 Å². The number of pyridine rings is 1. The van der Waals surface area contributed by atoms with Crippen molar-refractivity contribution in [3.05, 3.63) is 30.1 Å². The van der Waals surface area contributed by atoms with Gasteiger partial charge in [-0.2, -0.15) is 39.5 Å². The first-order valence-corrected chi connectivity index (χ1v) is 9.32. The second kappa shape index (κ2) is 11.7. The quantitative estimate of drug-likeness (QED) is 0.274. The second-order valence-electron chi connectivity index (χ2n) is 4.87. The van der Waals surface area contributed by atoms with E-state index >= 15 is 0 Å². The zero-order valence-electron chi connectivity index (χ0n) is 14.3. The van der Waals surface area contributed by atoms with Gasteiger partial charge >= 0.3 is 16.5 Å². The summed E-state index contributed by atoms with van der Waals surface area (Å²) in [6, 6.07) is 4.23. The van der Waals surface area contributed by atoms with E-state index in [1.807, 2.05) is 0 Å². The number of unbranched alkanes of at least 4 members (excludes halogenated alkanes) is 1. The fraction of sp³-hybridized carbons (Fsp3) is 0.615. The van der Waals surface area contributed by atoms with Gasteiger partial charge in [-0.05, 0) is 13.0 Å². The highest BCUT2D eigenvalue weighted by Crippen LogP contribution is 2.43. The molecule has 0 aliphatic carbocycles. The molecule has 1 rings (SSSR count). The van der Waals surface area contributed by atoms with E-state index in [0.29, 0.717) is 0 Å². The van der Waals surface area contributed by atoms with Crippen LogP contribution in [-0.2, 0) is 16.7 Å². The summed E-state index contributed by atoms with van der Waals surface area (Å²) in [6.45, 7) is 5.50. The van der Waals surface area contributed by atoms with Crippen LogP contribution in [0, 0.1) is 6.92 Å². The average molecular weight is 469 g/mol.